The van der Waals surface area contributed by atoms with Crippen LogP contribution in [0.2, 0.25) is 10.0 Å². The Labute approximate surface area is 163 Å². The van der Waals surface area contributed by atoms with Crippen LogP contribution in [0.15, 0.2) is 73.1 Å². The SMILES string of the molecule is O=C(Cc1ccccc1)N(Cc1cccnc1)Cc1ccc(Cl)cc1Cl. The van der Waals surface area contributed by atoms with Crippen molar-refractivity contribution < 1.29 is 4.79 Å². The Hall–Kier alpha value is -2.36. The Kier molecular flexibility index (Phi) is 6.26. The highest BCUT2D eigenvalue weighted by atomic mass is 35.5. The lowest BCUT2D eigenvalue weighted by atomic mass is 10.1. The zero-order valence-electron chi connectivity index (χ0n) is 14.1. The fourth-order valence-electron chi connectivity index (χ4n) is 2.68. The number of hydrogen-bond acceptors (Lipinski definition) is 2. The number of amides is 1. The highest BCUT2D eigenvalue weighted by molar-refractivity contribution is 6.35. The molecular formula is C21H18Cl2N2O. The predicted molar refractivity (Wildman–Crippen MR) is 105 cm³/mol. The number of rotatable bonds is 6. The Balaban J connectivity index is 1.82. The topological polar surface area (TPSA) is 33.2 Å². The van der Waals surface area contributed by atoms with Crippen molar-refractivity contribution in [2.45, 2.75) is 19.5 Å². The summed E-state index contributed by atoms with van der Waals surface area (Å²) >= 11 is 12.3. The van der Waals surface area contributed by atoms with E-state index >= 15 is 0 Å². The van der Waals surface area contributed by atoms with Gasteiger partial charge < -0.3 is 4.90 Å². The largest absolute Gasteiger partial charge is 0.334 e. The molecule has 1 heterocycles. The van der Waals surface area contributed by atoms with Crippen molar-refractivity contribution in [1.82, 2.24) is 9.88 Å². The average Bonchev–Trinajstić information content (AvgIpc) is 2.65. The zero-order valence-corrected chi connectivity index (χ0v) is 15.6. The first-order chi connectivity index (χ1) is 12.6. The van der Waals surface area contributed by atoms with Gasteiger partial charge in [0.05, 0.1) is 6.42 Å². The molecule has 0 saturated carbocycles. The summed E-state index contributed by atoms with van der Waals surface area (Å²) in [6.07, 6.45) is 3.83. The van der Waals surface area contributed by atoms with E-state index < -0.39 is 0 Å². The third-order valence-corrected chi connectivity index (χ3v) is 4.61. The second-order valence-corrected chi connectivity index (χ2v) is 6.85. The van der Waals surface area contributed by atoms with Crippen LogP contribution < -0.4 is 0 Å². The lowest BCUT2D eigenvalue weighted by Crippen LogP contribution is -2.31. The lowest BCUT2D eigenvalue weighted by molar-refractivity contribution is -0.131. The summed E-state index contributed by atoms with van der Waals surface area (Å²) in [6.45, 7) is 0.884. The van der Waals surface area contributed by atoms with Crippen molar-refractivity contribution in [2.24, 2.45) is 0 Å². The smallest absolute Gasteiger partial charge is 0.227 e. The maximum Gasteiger partial charge on any atom is 0.227 e. The summed E-state index contributed by atoms with van der Waals surface area (Å²) in [4.78, 5) is 18.9. The normalized spacial score (nSPS) is 10.5. The quantitative estimate of drug-likeness (QED) is 0.587. The van der Waals surface area contributed by atoms with Crippen LogP contribution in [0.3, 0.4) is 0 Å². The molecule has 3 rings (SSSR count). The maximum absolute atomic E-state index is 12.9. The molecule has 0 aliphatic rings. The van der Waals surface area contributed by atoms with E-state index in [0.717, 1.165) is 16.7 Å². The molecule has 0 aliphatic heterocycles. The minimum Gasteiger partial charge on any atom is -0.334 e. The lowest BCUT2D eigenvalue weighted by Gasteiger charge is -2.24. The number of hydrogen-bond donors (Lipinski definition) is 0. The van der Waals surface area contributed by atoms with Gasteiger partial charge in [0.15, 0.2) is 0 Å². The third-order valence-electron chi connectivity index (χ3n) is 4.02. The molecule has 0 bridgehead atoms. The van der Waals surface area contributed by atoms with Crippen LogP contribution in [0.5, 0.6) is 0 Å². The van der Waals surface area contributed by atoms with Gasteiger partial charge in [0.25, 0.3) is 0 Å². The molecular weight excluding hydrogens is 367 g/mol. The molecule has 1 amide bonds. The van der Waals surface area contributed by atoms with Gasteiger partial charge in [-0.25, -0.2) is 0 Å². The molecule has 0 fully saturated rings. The van der Waals surface area contributed by atoms with E-state index in [-0.39, 0.29) is 5.91 Å². The Bertz CT molecular complexity index is 870. The van der Waals surface area contributed by atoms with E-state index in [1.165, 1.54) is 0 Å². The van der Waals surface area contributed by atoms with E-state index in [9.17, 15) is 4.79 Å². The molecule has 5 heteroatoms. The standard InChI is InChI=1S/C21H18Cl2N2O/c22-19-9-8-18(20(23)12-19)15-25(14-17-7-4-10-24-13-17)21(26)11-16-5-2-1-3-6-16/h1-10,12-13H,11,14-15H2. The highest BCUT2D eigenvalue weighted by Crippen LogP contribution is 2.23. The summed E-state index contributed by atoms with van der Waals surface area (Å²) in [5, 5.41) is 1.13. The van der Waals surface area contributed by atoms with Gasteiger partial charge in [-0.3, -0.25) is 9.78 Å². The minimum absolute atomic E-state index is 0.0334. The van der Waals surface area contributed by atoms with Crippen LogP contribution in [0.1, 0.15) is 16.7 Å². The van der Waals surface area contributed by atoms with Crippen LogP contribution >= 0.6 is 23.2 Å². The van der Waals surface area contributed by atoms with Gasteiger partial charge in [-0.05, 0) is 34.9 Å². The Morgan fingerprint density at radius 2 is 1.69 bits per heavy atom. The van der Waals surface area contributed by atoms with Crippen molar-refractivity contribution in [3.63, 3.8) is 0 Å². The summed E-state index contributed by atoms with van der Waals surface area (Å²) in [5.74, 6) is 0.0334. The molecule has 0 atom stereocenters. The molecule has 2 aromatic carbocycles. The summed E-state index contributed by atoms with van der Waals surface area (Å²) < 4.78 is 0. The highest BCUT2D eigenvalue weighted by Gasteiger charge is 2.17. The first-order valence-corrected chi connectivity index (χ1v) is 9.02. The Morgan fingerprint density at radius 3 is 2.38 bits per heavy atom. The first kappa shape index (κ1) is 18.4. The number of nitrogens with zero attached hydrogens (tertiary/aromatic N) is 2. The number of carbonyl (C=O) groups is 1. The van der Waals surface area contributed by atoms with Gasteiger partial charge in [0.2, 0.25) is 5.91 Å². The number of carbonyl (C=O) groups excluding carboxylic acids is 1. The predicted octanol–water partition coefficient (Wildman–Crippen LogP) is 5.16. The second-order valence-electron chi connectivity index (χ2n) is 6.01. The van der Waals surface area contributed by atoms with Crippen molar-refractivity contribution in [1.29, 1.82) is 0 Å². The molecule has 3 nitrogen and oxygen atoms in total. The van der Waals surface area contributed by atoms with Gasteiger partial charge in [-0.1, -0.05) is 65.7 Å². The van der Waals surface area contributed by atoms with Crippen LogP contribution in [-0.4, -0.2) is 15.8 Å². The van der Waals surface area contributed by atoms with E-state index in [2.05, 4.69) is 4.98 Å². The first-order valence-electron chi connectivity index (χ1n) is 8.26. The maximum atomic E-state index is 12.9. The second kappa shape index (κ2) is 8.84. The number of benzene rings is 2. The molecule has 0 saturated heterocycles. The van der Waals surface area contributed by atoms with Crippen molar-refractivity contribution in [3.8, 4) is 0 Å². The van der Waals surface area contributed by atoms with Crippen LogP contribution in [-0.2, 0) is 24.3 Å². The average molecular weight is 385 g/mol. The molecule has 3 aromatic rings. The molecule has 0 radical (unpaired) electrons. The van der Waals surface area contributed by atoms with Crippen molar-refractivity contribution in [3.05, 3.63) is 99.8 Å². The molecule has 0 aliphatic carbocycles. The molecule has 0 spiro atoms. The van der Waals surface area contributed by atoms with E-state index in [4.69, 9.17) is 23.2 Å². The minimum atomic E-state index is 0.0334. The van der Waals surface area contributed by atoms with E-state index in [1.807, 2.05) is 48.5 Å². The molecule has 132 valence electrons. The fourth-order valence-corrected chi connectivity index (χ4v) is 3.15. The number of aromatic nitrogens is 1. The molecule has 0 N–H and O–H groups in total. The summed E-state index contributed by atoms with van der Waals surface area (Å²) in [7, 11) is 0. The van der Waals surface area contributed by atoms with Crippen LogP contribution in [0.4, 0.5) is 0 Å². The summed E-state index contributed by atoms with van der Waals surface area (Å²) in [6, 6.07) is 18.9. The molecule has 0 unspecified atom stereocenters. The molecule has 26 heavy (non-hydrogen) atoms. The van der Waals surface area contributed by atoms with Crippen molar-refractivity contribution >= 4 is 29.1 Å². The van der Waals surface area contributed by atoms with Crippen LogP contribution in [0.25, 0.3) is 0 Å². The summed E-state index contributed by atoms with van der Waals surface area (Å²) in [5.41, 5.74) is 2.82. The van der Waals surface area contributed by atoms with Gasteiger partial charge in [0.1, 0.15) is 0 Å². The fraction of sp³-hybridized carbons (Fsp3) is 0.143. The number of halogens is 2. The third kappa shape index (κ3) is 5.07. The molecule has 1 aromatic heterocycles. The van der Waals surface area contributed by atoms with Crippen molar-refractivity contribution in [2.75, 3.05) is 0 Å². The van der Waals surface area contributed by atoms with E-state index in [1.54, 1.807) is 29.4 Å². The van der Waals surface area contributed by atoms with Gasteiger partial charge >= 0.3 is 0 Å². The zero-order chi connectivity index (χ0) is 18.4. The van der Waals surface area contributed by atoms with Gasteiger partial charge in [-0.15, -0.1) is 0 Å². The Morgan fingerprint density at radius 1 is 0.923 bits per heavy atom. The van der Waals surface area contributed by atoms with Crippen LogP contribution in [0, 0.1) is 0 Å². The monoisotopic (exact) mass is 384 g/mol. The van der Waals surface area contributed by atoms with E-state index in [0.29, 0.717) is 29.6 Å². The van der Waals surface area contributed by atoms with Gasteiger partial charge in [-0.2, -0.15) is 0 Å². The number of pyridine rings is 1. The van der Waals surface area contributed by atoms with Gasteiger partial charge in [0, 0.05) is 35.5 Å².